The Bertz CT molecular complexity index is 989. The molecule has 9 heteroatoms. The van der Waals surface area contributed by atoms with Crippen LogP contribution in [0.2, 0.25) is 0 Å². The number of aromatic amines is 1. The molecule has 2 N–H and O–H groups in total. The van der Waals surface area contributed by atoms with Gasteiger partial charge >= 0.3 is 5.69 Å². The first kappa shape index (κ1) is 19.3. The van der Waals surface area contributed by atoms with Crippen LogP contribution in [0.5, 0.6) is 5.75 Å². The van der Waals surface area contributed by atoms with Crippen LogP contribution in [0, 0.1) is 15.9 Å². The number of benzene rings is 2. The van der Waals surface area contributed by atoms with Crippen molar-refractivity contribution in [3.8, 4) is 5.75 Å². The van der Waals surface area contributed by atoms with Gasteiger partial charge in [-0.3, -0.25) is 14.9 Å². The molecule has 1 aromatic heterocycles. The minimum atomic E-state index is -0.505. The molecule has 0 saturated carbocycles. The maximum Gasteiger partial charge on any atom is 0.310 e. The van der Waals surface area contributed by atoms with Gasteiger partial charge in [-0.15, -0.1) is 0 Å². The molecular formula is C19H19FN4O4. The van der Waals surface area contributed by atoms with E-state index in [1.54, 1.807) is 18.2 Å². The van der Waals surface area contributed by atoms with Crippen molar-refractivity contribution in [3.05, 3.63) is 64.2 Å². The lowest BCUT2D eigenvalue weighted by Gasteiger charge is -2.07. The number of rotatable bonds is 9. The molecule has 0 fully saturated rings. The zero-order chi connectivity index (χ0) is 19.9. The summed E-state index contributed by atoms with van der Waals surface area (Å²) in [7, 11) is 0. The number of H-pyrrole nitrogens is 1. The van der Waals surface area contributed by atoms with Crippen molar-refractivity contribution < 1.29 is 18.8 Å². The van der Waals surface area contributed by atoms with Crippen molar-refractivity contribution in [1.82, 2.24) is 15.3 Å². The molecule has 8 nitrogen and oxygen atoms in total. The summed E-state index contributed by atoms with van der Waals surface area (Å²) in [6.07, 6.45) is 1.17. The molecule has 1 amide bonds. The number of amides is 1. The highest BCUT2D eigenvalue weighted by molar-refractivity contribution is 5.76. The van der Waals surface area contributed by atoms with Crippen molar-refractivity contribution in [1.29, 1.82) is 0 Å². The number of carbonyl (C=O) groups is 1. The highest BCUT2D eigenvalue weighted by atomic mass is 19.1. The van der Waals surface area contributed by atoms with E-state index in [0.717, 1.165) is 0 Å². The smallest absolute Gasteiger partial charge is 0.310 e. The molecule has 0 saturated heterocycles. The van der Waals surface area contributed by atoms with Crippen LogP contribution in [0.4, 0.5) is 10.1 Å². The number of fused-ring (bicyclic) bond motifs is 1. The Kier molecular flexibility index (Phi) is 6.15. The monoisotopic (exact) mass is 386 g/mol. The number of imidazole rings is 1. The summed E-state index contributed by atoms with van der Waals surface area (Å²) in [5, 5.41) is 13.7. The highest BCUT2D eigenvalue weighted by Gasteiger charge is 2.13. The van der Waals surface area contributed by atoms with Gasteiger partial charge in [0.2, 0.25) is 5.91 Å². The Balaban J connectivity index is 1.37. The quantitative estimate of drug-likeness (QED) is 0.333. The lowest BCUT2D eigenvalue weighted by atomic mass is 10.3. The predicted molar refractivity (Wildman–Crippen MR) is 101 cm³/mol. The Morgan fingerprint density at radius 2 is 2.11 bits per heavy atom. The van der Waals surface area contributed by atoms with E-state index in [-0.39, 0.29) is 36.2 Å². The van der Waals surface area contributed by atoms with Crippen molar-refractivity contribution in [2.75, 3.05) is 13.2 Å². The molecule has 28 heavy (non-hydrogen) atoms. The number of halogens is 1. The normalized spacial score (nSPS) is 10.8. The van der Waals surface area contributed by atoms with Crippen LogP contribution in [0.25, 0.3) is 11.0 Å². The van der Waals surface area contributed by atoms with Gasteiger partial charge in [-0.25, -0.2) is 9.37 Å². The van der Waals surface area contributed by atoms with Crippen LogP contribution in [-0.2, 0) is 11.2 Å². The van der Waals surface area contributed by atoms with Crippen LogP contribution in [0.15, 0.2) is 42.5 Å². The molecule has 1 heterocycles. The number of nitro benzene ring substituents is 1. The second-order valence-electron chi connectivity index (χ2n) is 6.12. The molecule has 0 spiro atoms. The number of carbonyl (C=O) groups excluding carboxylic acids is 1. The standard InChI is InChI=1S/C19H19FN4O4/c20-13-7-8-14-15(12-13)23-18(22-14)9-10-21-19(25)6-3-11-28-17-5-2-1-4-16(17)24(26)27/h1-2,4-5,7-8,12H,3,6,9-11H2,(H,21,25)(H,22,23). The summed E-state index contributed by atoms with van der Waals surface area (Å²) in [5.74, 6) is 0.377. The first-order valence-corrected chi connectivity index (χ1v) is 8.80. The maximum absolute atomic E-state index is 13.2. The number of ether oxygens (including phenoxy) is 1. The SMILES string of the molecule is O=C(CCCOc1ccccc1[N+](=O)[O-])NCCc1nc2ccc(F)cc2[nH]1. The van der Waals surface area contributed by atoms with Crippen LogP contribution >= 0.6 is 0 Å². The van der Waals surface area contributed by atoms with Crippen molar-refractivity contribution in [2.24, 2.45) is 0 Å². The number of nitro groups is 1. The third-order valence-corrected chi connectivity index (χ3v) is 4.04. The number of hydrogen-bond donors (Lipinski definition) is 2. The van der Waals surface area contributed by atoms with Gasteiger partial charge in [0.05, 0.1) is 22.6 Å². The van der Waals surface area contributed by atoms with Gasteiger partial charge in [0.15, 0.2) is 5.75 Å². The van der Waals surface area contributed by atoms with E-state index in [2.05, 4.69) is 15.3 Å². The summed E-state index contributed by atoms with van der Waals surface area (Å²) in [6.45, 7) is 0.597. The van der Waals surface area contributed by atoms with E-state index in [4.69, 9.17) is 4.74 Å². The topological polar surface area (TPSA) is 110 Å². The molecule has 0 unspecified atom stereocenters. The molecule has 3 aromatic rings. The average molecular weight is 386 g/mol. The van der Waals surface area contributed by atoms with Crippen LogP contribution < -0.4 is 10.1 Å². The summed E-state index contributed by atoms with van der Waals surface area (Å²) >= 11 is 0. The fourth-order valence-corrected chi connectivity index (χ4v) is 2.71. The average Bonchev–Trinajstić information content (AvgIpc) is 3.07. The molecule has 146 valence electrons. The molecule has 2 aromatic carbocycles. The second-order valence-corrected chi connectivity index (χ2v) is 6.12. The number of nitrogens with one attached hydrogen (secondary N) is 2. The third-order valence-electron chi connectivity index (χ3n) is 4.04. The maximum atomic E-state index is 13.2. The molecule has 0 aliphatic carbocycles. The van der Waals surface area contributed by atoms with E-state index in [1.165, 1.54) is 24.3 Å². The van der Waals surface area contributed by atoms with Gasteiger partial charge in [-0.05, 0) is 30.7 Å². The zero-order valence-corrected chi connectivity index (χ0v) is 15.0. The van der Waals surface area contributed by atoms with Gasteiger partial charge in [0.25, 0.3) is 0 Å². The lowest BCUT2D eigenvalue weighted by molar-refractivity contribution is -0.385. The predicted octanol–water partition coefficient (Wildman–Crippen LogP) is 3.13. The highest BCUT2D eigenvalue weighted by Crippen LogP contribution is 2.25. The number of nitrogens with zero attached hydrogens (tertiary/aromatic N) is 2. The van der Waals surface area contributed by atoms with E-state index >= 15 is 0 Å². The van der Waals surface area contributed by atoms with Crippen LogP contribution in [-0.4, -0.2) is 34.0 Å². The van der Waals surface area contributed by atoms with Crippen molar-refractivity contribution >= 4 is 22.6 Å². The Morgan fingerprint density at radius 3 is 2.93 bits per heavy atom. The Labute approximate surface area is 159 Å². The number of aromatic nitrogens is 2. The molecular weight excluding hydrogens is 367 g/mol. The first-order chi connectivity index (χ1) is 13.5. The van der Waals surface area contributed by atoms with Gasteiger partial charge < -0.3 is 15.0 Å². The van der Waals surface area contributed by atoms with Crippen molar-refractivity contribution in [3.63, 3.8) is 0 Å². The van der Waals surface area contributed by atoms with Gasteiger partial charge in [0.1, 0.15) is 11.6 Å². The lowest BCUT2D eigenvalue weighted by Crippen LogP contribution is -2.26. The molecule has 0 radical (unpaired) electrons. The molecule has 0 bridgehead atoms. The van der Waals surface area contributed by atoms with E-state index in [0.29, 0.717) is 36.2 Å². The molecule has 3 rings (SSSR count). The fraction of sp³-hybridized carbons (Fsp3) is 0.263. The summed E-state index contributed by atoms with van der Waals surface area (Å²) in [5.41, 5.74) is 1.20. The number of hydrogen-bond acceptors (Lipinski definition) is 5. The van der Waals surface area contributed by atoms with E-state index < -0.39 is 4.92 Å². The largest absolute Gasteiger partial charge is 0.487 e. The van der Waals surface area contributed by atoms with Crippen LogP contribution in [0.1, 0.15) is 18.7 Å². The van der Waals surface area contributed by atoms with E-state index in [9.17, 15) is 19.3 Å². The Morgan fingerprint density at radius 1 is 1.29 bits per heavy atom. The zero-order valence-electron chi connectivity index (χ0n) is 15.0. The fourth-order valence-electron chi connectivity index (χ4n) is 2.71. The minimum Gasteiger partial charge on any atom is -0.487 e. The third kappa shape index (κ3) is 5.03. The molecule has 0 aliphatic heterocycles. The number of para-hydroxylation sites is 2. The van der Waals surface area contributed by atoms with Gasteiger partial charge in [0, 0.05) is 25.5 Å². The minimum absolute atomic E-state index is 0.0994. The summed E-state index contributed by atoms with van der Waals surface area (Å²) in [4.78, 5) is 29.6. The van der Waals surface area contributed by atoms with Crippen LogP contribution in [0.3, 0.4) is 0 Å². The van der Waals surface area contributed by atoms with Gasteiger partial charge in [-0.2, -0.15) is 0 Å². The summed E-state index contributed by atoms with van der Waals surface area (Å²) in [6, 6.07) is 10.4. The van der Waals surface area contributed by atoms with Gasteiger partial charge in [-0.1, -0.05) is 12.1 Å². The molecule has 0 atom stereocenters. The van der Waals surface area contributed by atoms with Crippen molar-refractivity contribution in [2.45, 2.75) is 19.3 Å². The van der Waals surface area contributed by atoms with E-state index in [1.807, 2.05) is 0 Å². The summed E-state index contributed by atoms with van der Waals surface area (Å²) < 4.78 is 18.6. The Hall–Kier alpha value is -3.49. The second kappa shape index (κ2) is 8.94. The molecule has 0 aliphatic rings. The first-order valence-electron chi connectivity index (χ1n) is 8.80.